The topological polar surface area (TPSA) is 32.8 Å². The number of carbonyl (C=O) groups is 1. The molecular weight excluding hydrogens is 130 g/mol. The van der Waals surface area contributed by atoms with Gasteiger partial charge in [-0.05, 0) is 6.42 Å². The minimum absolute atomic E-state index is 0.301. The lowest BCUT2D eigenvalue weighted by molar-refractivity contribution is -0.127. The molecule has 3 heteroatoms. The van der Waals surface area contributed by atoms with Crippen molar-refractivity contribution in [2.24, 2.45) is 0 Å². The summed E-state index contributed by atoms with van der Waals surface area (Å²) >= 11 is 0. The van der Waals surface area contributed by atoms with Crippen LogP contribution in [0, 0.1) is 0 Å². The van der Waals surface area contributed by atoms with Gasteiger partial charge in [0.1, 0.15) is 0 Å². The molecule has 2 aliphatic heterocycles. The average molecular weight is 141 g/mol. The van der Waals surface area contributed by atoms with Crippen LogP contribution >= 0.6 is 0 Å². The molecule has 0 spiro atoms. The van der Waals surface area contributed by atoms with E-state index in [4.69, 9.17) is 4.74 Å². The van der Waals surface area contributed by atoms with E-state index >= 15 is 0 Å². The number of hydrogen-bond donors (Lipinski definition) is 0. The molecule has 3 nitrogen and oxygen atoms in total. The Labute approximate surface area is 60.0 Å². The summed E-state index contributed by atoms with van der Waals surface area (Å²) in [5.74, 6) is 0.301. The lowest BCUT2D eigenvalue weighted by atomic mass is 10.4. The highest BCUT2D eigenvalue weighted by Gasteiger charge is 2.29. The second-order valence-electron chi connectivity index (χ2n) is 2.90. The smallest absolute Gasteiger partial charge is 0.222 e. The van der Waals surface area contributed by atoms with Crippen molar-refractivity contribution in [3.63, 3.8) is 0 Å². The van der Waals surface area contributed by atoms with Crippen molar-refractivity contribution in [1.82, 2.24) is 4.90 Å². The quantitative estimate of drug-likeness (QED) is 0.507. The van der Waals surface area contributed by atoms with Gasteiger partial charge in [0.2, 0.25) is 5.91 Å². The van der Waals surface area contributed by atoms with Gasteiger partial charge in [0, 0.05) is 19.5 Å². The van der Waals surface area contributed by atoms with E-state index < -0.39 is 0 Å². The number of epoxide rings is 1. The van der Waals surface area contributed by atoms with Gasteiger partial charge in [0.25, 0.3) is 0 Å². The molecule has 2 fully saturated rings. The third-order valence-corrected chi connectivity index (χ3v) is 2.00. The van der Waals surface area contributed by atoms with Crippen molar-refractivity contribution in [2.75, 3.05) is 19.7 Å². The fourth-order valence-corrected chi connectivity index (χ4v) is 1.32. The summed E-state index contributed by atoms with van der Waals surface area (Å²) < 4.78 is 5.02. The SMILES string of the molecule is O=C1CCCN1C[C@@H]1CO1. The molecule has 2 saturated heterocycles. The molecule has 56 valence electrons. The molecule has 0 radical (unpaired) electrons. The zero-order valence-corrected chi connectivity index (χ0v) is 5.88. The van der Waals surface area contributed by atoms with Gasteiger partial charge >= 0.3 is 0 Å². The van der Waals surface area contributed by atoms with Crippen molar-refractivity contribution in [2.45, 2.75) is 18.9 Å². The predicted molar refractivity (Wildman–Crippen MR) is 35.6 cm³/mol. The monoisotopic (exact) mass is 141 g/mol. The Morgan fingerprint density at radius 2 is 2.50 bits per heavy atom. The molecule has 2 aliphatic rings. The van der Waals surface area contributed by atoms with Crippen molar-refractivity contribution in [3.05, 3.63) is 0 Å². The zero-order valence-electron chi connectivity index (χ0n) is 5.88. The molecule has 2 rings (SSSR count). The molecular formula is C7H11NO2. The van der Waals surface area contributed by atoms with Gasteiger partial charge in [-0.2, -0.15) is 0 Å². The van der Waals surface area contributed by atoms with E-state index in [1.165, 1.54) is 0 Å². The number of hydrogen-bond acceptors (Lipinski definition) is 2. The summed E-state index contributed by atoms with van der Waals surface area (Å²) in [6.45, 7) is 2.63. The van der Waals surface area contributed by atoms with Crippen LogP contribution < -0.4 is 0 Å². The fraction of sp³-hybridized carbons (Fsp3) is 0.857. The van der Waals surface area contributed by atoms with Gasteiger partial charge in [0.05, 0.1) is 12.7 Å². The van der Waals surface area contributed by atoms with Crippen LogP contribution in [-0.4, -0.2) is 36.6 Å². The lowest BCUT2D eigenvalue weighted by Gasteiger charge is -2.12. The van der Waals surface area contributed by atoms with E-state index in [-0.39, 0.29) is 0 Å². The summed E-state index contributed by atoms with van der Waals surface area (Å²) in [4.78, 5) is 12.9. The lowest BCUT2D eigenvalue weighted by Crippen LogP contribution is -2.28. The third-order valence-electron chi connectivity index (χ3n) is 2.00. The minimum atomic E-state index is 0.301. The van der Waals surface area contributed by atoms with Gasteiger partial charge in [-0.1, -0.05) is 0 Å². The molecule has 0 aromatic heterocycles. The van der Waals surface area contributed by atoms with Crippen LogP contribution in [0.2, 0.25) is 0 Å². The molecule has 0 aromatic carbocycles. The normalized spacial score (nSPS) is 31.4. The maximum Gasteiger partial charge on any atom is 0.222 e. The Hall–Kier alpha value is -0.570. The second kappa shape index (κ2) is 2.23. The van der Waals surface area contributed by atoms with Crippen LogP contribution in [0.4, 0.5) is 0 Å². The highest BCUT2D eigenvalue weighted by molar-refractivity contribution is 5.78. The maximum atomic E-state index is 11.0. The number of amides is 1. The third kappa shape index (κ3) is 1.14. The number of carbonyl (C=O) groups excluding carboxylic acids is 1. The van der Waals surface area contributed by atoms with E-state index in [1.807, 2.05) is 4.90 Å². The average Bonchev–Trinajstić information content (AvgIpc) is 2.62. The van der Waals surface area contributed by atoms with E-state index in [2.05, 4.69) is 0 Å². The Kier molecular flexibility index (Phi) is 1.38. The first kappa shape index (κ1) is 6.16. The first-order chi connectivity index (χ1) is 4.86. The molecule has 1 atom stereocenters. The molecule has 2 heterocycles. The number of ether oxygens (including phenoxy) is 1. The van der Waals surface area contributed by atoms with E-state index in [0.29, 0.717) is 12.0 Å². The largest absolute Gasteiger partial charge is 0.371 e. The maximum absolute atomic E-state index is 11.0. The van der Waals surface area contributed by atoms with Gasteiger partial charge in [-0.3, -0.25) is 4.79 Å². The van der Waals surface area contributed by atoms with Crippen LogP contribution in [0.1, 0.15) is 12.8 Å². The Morgan fingerprint density at radius 3 is 3.00 bits per heavy atom. The van der Waals surface area contributed by atoms with Gasteiger partial charge in [0.15, 0.2) is 0 Å². The minimum Gasteiger partial charge on any atom is -0.371 e. The zero-order chi connectivity index (χ0) is 6.97. The molecule has 1 amide bonds. The summed E-state index contributed by atoms with van der Waals surface area (Å²) in [7, 11) is 0. The second-order valence-corrected chi connectivity index (χ2v) is 2.90. The van der Waals surface area contributed by atoms with Gasteiger partial charge in [-0.25, -0.2) is 0 Å². The molecule has 0 unspecified atom stereocenters. The molecule has 0 aromatic rings. The van der Waals surface area contributed by atoms with Crippen LogP contribution in [0.5, 0.6) is 0 Å². The first-order valence-corrected chi connectivity index (χ1v) is 3.75. The summed E-state index contributed by atoms with van der Waals surface area (Å²) in [5.41, 5.74) is 0. The van der Waals surface area contributed by atoms with Crippen LogP contribution in [0.25, 0.3) is 0 Å². The van der Waals surface area contributed by atoms with Crippen LogP contribution in [-0.2, 0) is 9.53 Å². The summed E-state index contributed by atoms with van der Waals surface area (Å²) in [6, 6.07) is 0. The van der Waals surface area contributed by atoms with Gasteiger partial charge in [-0.15, -0.1) is 0 Å². The molecule has 0 bridgehead atoms. The van der Waals surface area contributed by atoms with E-state index in [1.54, 1.807) is 0 Å². The van der Waals surface area contributed by atoms with Crippen molar-refractivity contribution in [3.8, 4) is 0 Å². The summed E-state index contributed by atoms with van der Waals surface area (Å²) in [6.07, 6.45) is 2.14. The summed E-state index contributed by atoms with van der Waals surface area (Å²) in [5, 5.41) is 0. The standard InChI is InChI=1S/C7H11NO2/c9-7-2-1-3-8(7)4-6-5-10-6/h6H,1-5H2/t6-/m1/s1. The Morgan fingerprint density at radius 1 is 1.70 bits per heavy atom. The van der Waals surface area contributed by atoms with Crippen molar-refractivity contribution < 1.29 is 9.53 Å². The Bertz CT molecular complexity index is 154. The number of likely N-dealkylation sites (tertiary alicyclic amines) is 1. The van der Waals surface area contributed by atoms with Crippen LogP contribution in [0.3, 0.4) is 0 Å². The Balaban J connectivity index is 1.84. The molecule has 0 N–H and O–H groups in total. The highest BCUT2D eigenvalue weighted by Crippen LogP contribution is 2.16. The fourth-order valence-electron chi connectivity index (χ4n) is 1.32. The molecule has 0 saturated carbocycles. The molecule has 10 heavy (non-hydrogen) atoms. The van der Waals surface area contributed by atoms with Crippen LogP contribution in [0.15, 0.2) is 0 Å². The van der Waals surface area contributed by atoms with E-state index in [0.717, 1.165) is 32.5 Å². The highest BCUT2D eigenvalue weighted by atomic mass is 16.6. The predicted octanol–water partition coefficient (Wildman–Crippen LogP) is 0.00760. The number of rotatable bonds is 2. The van der Waals surface area contributed by atoms with Crippen molar-refractivity contribution >= 4 is 5.91 Å². The molecule has 0 aliphatic carbocycles. The number of nitrogens with zero attached hydrogens (tertiary/aromatic N) is 1. The first-order valence-electron chi connectivity index (χ1n) is 3.75. The van der Waals surface area contributed by atoms with Gasteiger partial charge < -0.3 is 9.64 Å². The van der Waals surface area contributed by atoms with E-state index in [9.17, 15) is 4.79 Å². The van der Waals surface area contributed by atoms with Crippen molar-refractivity contribution in [1.29, 1.82) is 0 Å².